The molecule has 1 aliphatic heterocycles. The molecule has 0 fully saturated rings. The average molecular weight is 530 g/mol. The number of hydrogen-bond acceptors (Lipinski definition) is 6. The Kier molecular flexibility index (Phi) is 7.96. The van der Waals surface area contributed by atoms with Crippen LogP contribution in [0, 0.1) is 0 Å². The fraction of sp³-hybridized carbons (Fsp3) is 0.357. The zero-order valence-electron chi connectivity index (χ0n) is 20.7. The predicted octanol–water partition coefficient (Wildman–Crippen LogP) is 6.33. The molecule has 0 spiro atoms. The molecule has 1 heterocycles. The maximum Gasteiger partial charge on any atom is 0.336 e. The quantitative estimate of drug-likeness (QED) is 0.422. The summed E-state index contributed by atoms with van der Waals surface area (Å²) in [5.74, 6) is 0.0276. The highest BCUT2D eigenvalue weighted by Gasteiger charge is 2.42. The van der Waals surface area contributed by atoms with Crippen molar-refractivity contribution in [2.24, 2.45) is 0 Å². The van der Waals surface area contributed by atoms with Crippen molar-refractivity contribution >= 4 is 35.0 Å². The van der Waals surface area contributed by atoms with Gasteiger partial charge in [-0.3, -0.25) is 4.79 Å². The molecule has 2 atom stereocenters. The van der Waals surface area contributed by atoms with E-state index >= 15 is 0 Å². The highest BCUT2D eigenvalue weighted by Crippen LogP contribution is 2.48. The van der Waals surface area contributed by atoms with E-state index in [1.54, 1.807) is 32.4 Å². The summed E-state index contributed by atoms with van der Waals surface area (Å²) < 4.78 is 16.3. The van der Waals surface area contributed by atoms with E-state index in [2.05, 4.69) is 5.32 Å². The van der Waals surface area contributed by atoms with Gasteiger partial charge in [-0.1, -0.05) is 42.3 Å². The van der Waals surface area contributed by atoms with Crippen molar-refractivity contribution in [1.29, 1.82) is 0 Å². The second-order valence-electron chi connectivity index (χ2n) is 8.93. The molecule has 4 rings (SSSR count). The number of Topliss-reactive ketones (excluding diaryl/α,β-unsaturated/α-hetero) is 1. The lowest BCUT2D eigenvalue weighted by atomic mass is 9.71. The van der Waals surface area contributed by atoms with E-state index in [9.17, 15) is 9.59 Å². The maximum absolute atomic E-state index is 13.7. The third-order valence-electron chi connectivity index (χ3n) is 6.64. The van der Waals surface area contributed by atoms with E-state index in [0.29, 0.717) is 56.8 Å². The zero-order valence-corrected chi connectivity index (χ0v) is 22.3. The Hall–Kier alpha value is -2.96. The standard InChI is InChI=1S/C28H29Cl2NO5/c1-5-10-36-28(33)25-15(2)31-21-11-17(16-6-9-23(34-3)24(13-16)35-4)12-22(32)27(21)26(25)19-8-7-18(29)14-20(19)30/h6-9,13-14,17,26,31H,5,10-12H2,1-4H3/t17-,26-/m0/s1. The largest absolute Gasteiger partial charge is 0.493 e. The van der Waals surface area contributed by atoms with Gasteiger partial charge in [0.2, 0.25) is 0 Å². The minimum absolute atomic E-state index is 0.0483. The van der Waals surface area contributed by atoms with Crippen molar-refractivity contribution < 1.29 is 23.8 Å². The van der Waals surface area contributed by atoms with Gasteiger partial charge >= 0.3 is 5.97 Å². The van der Waals surface area contributed by atoms with E-state index in [-0.39, 0.29) is 24.7 Å². The minimum atomic E-state index is -0.644. The van der Waals surface area contributed by atoms with Gasteiger partial charge in [-0.05, 0) is 61.1 Å². The molecule has 190 valence electrons. The van der Waals surface area contributed by atoms with Crippen LogP contribution in [-0.2, 0) is 14.3 Å². The van der Waals surface area contributed by atoms with E-state index in [4.69, 9.17) is 37.4 Å². The normalized spacial score (nSPS) is 19.6. The summed E-state index contributed by atoms with van der Waals surface area (Å²) in [7, 11) is 3.18. The molecule has 36 heavy (non-hydrogen) atoms. The highest BCUT2D eigenvalue weighted by atomic mass is 35.5. The highest BCUT2D eigenvalue weighted by molar-refractivity contribution is 6.35. The Bertz CT molecular complexity index is 1270. The molecule has 0 saturated heterocycles. The van der Waals surface area contributed by atoms with Gasteiger partial charge in [0.05, 0.1) is 26.4 Å². The molecule has 2 aromatic rings. The number of esters is 1. The lowest BCUT2D eigenvalue weighted by molar-refractivity contribution is -0.139. The topological polar surface area (TPSA) is 73.9 Å². The van der Waals surface area contributed by atoms with Crippen LogP contribution in [0.5, 0.6) is 11.5 Å². The van der Waals surface area contributed by atoms with Crippen molar-refractivity contribution in [3.8, 4) is 11.5 Å². The number of ether oxygens (including phenoxy) is 3. The summed E-state index contributed by atoms with van der Waals surface area (Å²) in [6.45, 7) is 4.05. The predicted molar refractivity (Wildman–Crippen MR) is 140 cm³/mol. The third kappa shape index (κ3) is 4.97. The van der Waals surface area contributed by atoms with Crippen LogP contribution in [0.1, 0.15) is 56.1 Å². The van der Waals surface area contributed by atoms with Crippen molar-refractivity contribution in [3.63, 3.8) is 0 Å². The molecule has 8 heteroatoms. The van der Waals surface area contributed by atoms with Gasteiger partial charge in [0, 0.05) is 39.4 Å². The smallest absolute Gasteiger partial charge is 0.336 e. The Labute approximate surface area is 221 Å². The first kappa shape index (κ1) is 26.1. The molecule has 0 amide bonds. The van der Waals surface area contributed by atoms with Gasteiger partial charge in [-0.15, -0.1) is 0 Å². The number of hydrogen-bond donors (Lipinski definition) is 1. The van der Waals surface area contributed by atoms with Crippen LogP contribution in [0.15, 0.2) is 58.9 Å². The third-order valence-corrected chi connectivity index (χ3v) is 7.20. The average Bonchev–Trinajstić information content (AvgIpc) is 2.86. The number of rotatable bonds is 7. The monoisotopic (exact) mass is 529 g/mol. The van der Waals surface area contributed by atoms with Gasteiger partial charge < -0.3 is 19.5 Å². The first-order valence-corrected chi connectivity index (χ1v) is 12.6. The van der Waals surface area contributed by atoms with E-state index in [1.807, 2.05) is 32.0 Å². The second-order valence-corrected chi connectivity index (χ2v) is 9.78. The van der Waals surface area contributed by atoms with Crippen LogP contribution < -0.4 is 14.8 Å². The molecule has 0 saturated carbocycles. The number of nitrogens with one attached hydrogen (secondary N) is 1. The van der Waals surface area contributed by atoms with Crippen molar-refractivity contribution in [1.82, 2.24) is 5.32 Å². The number of carbonyl (C=O) groups excluding carboxylic acids is 2. The molecule has 1 N–H and O–H groups in total. The van der Waals surface area contributed by atoms with Crippen LogP contribution in [0.25, 0.3) is 0 Å². The van der Waals surface area contributed by atoms with E-state index in [0.717, 1.165) is 11.3 Å². The summed E-state index contributed by atoms with van der Waals surface area (Å²) >= 11 is 12.8. The fourth-order valence-corrected chi connectivity index (χ4v) is 5.49. The maximum atomic E-state index is 13.7. The number of halogens is 2. The van der Waals surface area contributed by atoms with Crippen LogP contribution in [0.3, 0.4) is 0 Å². The Morgan fingerprint density at radius 3 is 2.47 bits per heavy atom. The van der Waals surface area contributed by atoms with E-state index in [1.165, 1.54) is 0 Å². The van der Waals surface area contributed by atoms with Crippen molar-refractivity contribution in [2.75, 3.05) is 20.8 Å². The SMILES string of the molecule is CCCOC(=O)C1=C(C)NC2=C(C(=O)C[C@@H](c3ccc(OC)c(OC)c3)C2)[C@H]1c1ccc(Cl)cc1Cl. The number of methoxy groups -OCH3 is 2. The molecule has 0 radical (unpaired) electrons. The fourth-order valence-electron chi connectivity index (χ4n) is 4.97. The summed E-state index contributed by atoms with van der Waals surface area (Å²) in [6, 6.07) is 10.8. The molecule has 2 aliphatic rings. The molecular formula is C28H29Cl2NO5. The van der Waals surface area contributed by atoms with Crippen LogP contribution in [0.4, 0.5) is 0 Å². The molecular weight excluding hydrogens is 501 g/mol. The molecule has 1 aliphatic carbocycles. The van der Waals surface area contributed by atoms with Gasteiger partial charge in [-0.2, -0.15) is 0 Å². The Morgan fingerprint density at radius 1 is 1.06 bits per heavy atom. The van der Waals surface area contributed by atoms with Crippen molar-refractivity contribution in [2.45, 2.75) is 44.9 Å². The number of allylic oxidation sites excluding steroid dienone is 3. The Morgan fingerprint density at radius 2 is 1.81 bits per heavy atom. The van der Waals surface area contributed by atoms with Gasteiger partial charge in [0.25, 0.3) is 0 Å². The first-order valence-electron chi connectivity index (χ1n) is 11.9. The van der Waals surface area contributed by atoms with Gasteiger partial charge in [0.1, 0.15) is 0 Å². The number of carbonyl (C=O) groups is 2. The molecule has 0 aromatic heterocycles. The summed E-state index contributed by atoms with van der Waals surface area (Å²) in [5.41, 5.74) is 3.99. The van der Waals surface area contributed by atoms with Crippen molar-refractivity contribution in [3.05, 3.63) is 80.1 Å². The minimum Gasteiger partial charge on any atom is -0.493 e. The number of ketones is 1. The molecule has 6 nitrogen and oxygen atoms in total. The molecule has 2 aromatic carbocycles. The van der Waals surface area contributed by atoms with Crippen LogP contribution in [0.2, 0.25) is 10.0 Å². The lowest BCUT2D eigenvalue weighted by Crippen LogP contribution is -2.36. The van der Waals surface area contributed by atoms with Gasteiger partial charge in [-0.25, -0.2) is 4.79 Å². The van der Waals surface area contributed by atoms with Crippen LogP contribution in [-0.4, -0.2) is 32.6 Å². The summed E-state index contributed by atoms with van der Waals surface area (Å²) in [6.07, 6.45) is 1.57. The summed E-state index contributed by atoms with van der Waals surface area (Å²) in [5, 5.41) is 4.22. The van der Waals surface area contributed by atoms with E-state index < -0.39 is 11.9 Å². The Balaban J connectivity index is 1.79. The second kappa shape index (κ2) is 11.0. The molecule has 0 bridgehead atoms. The van der Waals surface area contributed by atoms with Crippen LogP contribution >= 0.6 is 23.2 Å². The summed E-state index contributed by atoms with van der Waals surface area (Å²) in [4.78, 5) is 26.9. The first-order chi connectivity index (χ1) is 17.3. The number of benzene rings is 2. The lowest BCUT2D eigenvalue weighted by Gasteiger charge is -2.37. The zero-order chi connectivity index (χ0) is 26.0. The van der Waals surface area contributed by atoms with Gasteiger partial charge in [0.15, 0.2) is 17.3 Å². The molecule has 0 unspecified atom stereocenters. The number of dihydropyridines is 1.